The van der Waals surface area contributed by atoms with Gasteiger partial charge < -0.3 is 20.9 Å². The summed E-state index contributed by atoms with van der Waals surface area (Å²) in [4.78, 5) is 23.3. The number of rotatable bonds is 4. The van der Waals surface area contributed by atoms with Crippen LogP contribution in [0, 0.1) is 5.92 Å². The molecule has 1 amide bonds. The van der Waals surface area contributed by atoms with Crippen LogP contribution in [0.5, 0.6) is 0 Å². The molecule has 1 unspecified atom stereocenters. The van der Waals surface area contributed by atoms with Gasteiger partial charge in [0.05, 0.1) is 0 Å². The van der Waals surface area contributed by atoms with Crippen molar-refractivity contribution in [2.24, 2.45) is 5.92 Å². The number of hydrogen-bond donors (Lipinski definition) is 3. The second kappa shape index (κ2) is 6.82. The molecule has 0 bridgehead atoms. The molecule has 26 heavy (non-hydrogen) atoms. The van der Waals surface area contributed by atoms with Gasteiger partial charge in [-0.15, -0.1) is 0 Å². The summed E-state index contributed by atoms with van der Waals surface area (Å²) in [7, 11) is 0. The molecule has 1 aromatic heterocycles. The van der Waals surface area contributed by atoms with Crippen molar-refractivity contribution in [3.8, 4) is 0 Å². The van der Waals surface area contributed by atoms with Crippen molar-refractivity contribution in [3.63, 3.8) is 0 Å². The third-order valence-electron chi connectivity index (χ3n) is 4.94. The van der Waals surface area contributed by atoms with E-state index in [4.69, 9.17) is 0 Å². The second-order valence-electron chi connectivity index (χ2n) is 7.17. The van der Waals surface area contributed by atoms with Crippen molar-refractivity contribution in [1.29, 1.82) is 0 Å². The Morgan fingerprint density at radius 1 is 1.15 bits per heavy atom. The number of aromatic nitrogens is 2. The Hall–Kier alpha value is -2.83. The van der Waals surface area contributed by atoms with Crippen molar-refractivity contribution in [1.82, 2.24) is 9.97 Å². The number of benzene rings is 1. The largest absolute Gasteiger partial charge is 0.372 e. The maximum Gasteiger partial charge on any atom is 0.247 e. The average Bonchev–Trinajstić information content (AvgIpc) is 3.17. The molecule has 0 radical (unpaired) electrons. The summed E-state index contributed by atoms with van der Waals surface area (Å²) in [5.74, 6) is 1.35. The van der Waals surface area contributed by atoms with Crippen LogP contribution in [0.1, 0.15) is 26.7 Å². The molecule has 0 saturated carbocycles. The molecular formula is C19H24N6O. The zero-order valence-corrected chi connectivity index (χ0v) is 15.1. The lowest BCUT2D eigenvalue weighted by Crippen LogP contribution is -2.43. The van der Waals surface area contributed by atoms with Gasteiger partial charge >= 0.3 is 0 Å². The molecule has 1 saturated heterocycles. The Morgan fingerprint density at radius 2 is 1.88 bits per heavy atom. The molecule has 3 heterocycles. The first kappa shape index (κ1) is 16.6. The number of anilines is 5. The Bertz CT molecular complexity index is 798. The van der Waals surface area contributed by atoms with Gasteiger partial charge in [-0.25, -0.2) is 9.97 Å². The van der Waals surface area contributed by atoms with Crippen molar-refractivity contribution in [2.75, 3.05) is 33.9 Å². The Labute approximate surface area is 153 Å². The monoisotopic (exact) mass is 352 g/mol. The van der Waals surface area contributed by atoms with Crippen molar-refractivity contribution >= 4 is 34.6 Å². The summed E-state index contributed by atoms with van der Waals surface area (Å²) in [6.45, 7) is 6.26. The highest BCUT2D eigenvalue weighted by Gasteiger charge is 2.30. The highest BCUT2D eigenvalue weighted by Crippen LogP contribution is 2.33. The van der Waals surface area contributed by atoms with Gasteiger partial charge in [0.2, 0.25) is 5.91 Å². The number of carbonyl (C=O) groups excluding carboxylic acids is 1. The number of fused-ring (bicyclic) bond motifs is 1. The molecule has 1 atom stereocenters. The minimum atomic E-state index is -0.287. The Balaban J connectivity index is 1.54. The summed E-state index contributed by atoms with van der Waals surface area (Å²) in [6.07, 6.45) is 4.02. The molecule has 2 aliphatic rings. The first-order valence-electron chi connectivity index (χ1n) is 9.16. The summed E-state index contributed by atoms with van der Waals surface area (Å²) < 4.78 is 0. The molecule has 4 rings (SSSR count). The predicted octanol–water partition coefficient (Wildman–Crippen LogP) is 3.21. The van der Waals surface area contributed by atoms with E-state index in [9.17, 15) is 4.79 Å². The standard InChI is InChI=1S/C19H24N6O/c1-12(2)15-19(26)24-16-17(20-11-21-18(16)23-15)22-13-5-7-14(8-6-13)25-9-3-4-10-25/h5-8,11-12,15H,3-4,9-10H2,1-2H3,(H,24,26)(H2,20,21,22,23). The predicted molar refractivity (Wildman–Crippen MR) is 104 cm³/mol. The fourth-order valence-electron chi connectivity index (χ4n) is 3.46. The average molecular weight is 352 g/mol. The van der Waals surface area contributed by atoms with Gasteiger partial charge in [0.15, 0.2) is 11.6 Å². The zero-order valence-electron chi connectivity index (χ0n) is 15.1. The van der Waals surface area contributed by atoms with Crippen LogP contribution in [-0.2, 0) is 4.79 Å². The van der Waals surface area contributed by atoms with Crippen LogP contribution in [0.4, 0.5) is 28.7 Å². The molecule has 3 N–H and O–H groups in total. The van der Waals surface area contributed by atoms with Crippen LogP contribution in [0.2, 0.25) is 0 Å². The minimum Gasteiger partial charge on any atom is -0.372 e. The Morgan fingerprint density at radius 3 is 2.58 bits per heavy atom. The number of carbonyl (C=O) groups is 1. The maximum absolute atomic E-state index is 12.3. The van der Waals surface area contributed by atoms with Gasteiger partial charge in [-0.2, -0.15) is 0 Å². The zero-order chi connectivity index (χ0) is 18.1. The summed E-state index contributed by atoms with van der Waals surface area (Å²) in [6, 6.07) is 8.03. The third-order valence-corrected chi connectivity index (χ3v) is 4.94. The molecule has 7 nitrogen and oxygen atoms in total. The van der Waals surface area contributed by atoms with Crippen LogP contribution in [0.15, 0.2) is 30.6 Å². The van der Waals surface area contributed by atoms with Gasteiger partial charge in [0, 0.05) is 24.5 Å². The van der Waals surface area contributed by atoms with Gasteiger partial charge in [-0.1, -0.05) is 13.8 Å². The lowest BCUT2D eigenvalue weighted by atomic mass is 10.0. The third kappa shape index (κ3) is 3.16. The minimum absolute atomic E-state index is 0.0604. The SMILES string of the molecule is CC(C)C1Nc2ncnc(Nc3ccc(N4CCCC4)cc3)c2NC1=O. The maximum atomic E-state index is 12.3. The number of nitrogens with one attached hydrogen (secondary N) is 3. The van der Waals surface area contributed by atoms with E-state index in [1.165, 1.54) is 24.9 Å². The quantitative estimate of drug-likeness (QED) is 0.784. The topological polar surface area (TPSA) is 82.2 Å². The van der Waals surface area contributed by atoms with E-state index in [1.54, 1.807) is 0 Å². The van der Waals surface area contributed by atoms with Crippen LogP contribution in [0.3, 0.4) is 0 Å². The van der Waals surface area contributed by atoms with E-state index < -0.39 is 0 Å². The molecule has 136 valence electrons. The van der Waals surface area contributed by atoms with Gasteiger partial charge in [-0.3, -0.25) is 4.79 Å². The van der Waals surface area contributed by atoms with Crippen LogP contribution in [0.25, 0.3) is 0 Å². The van der Waals surface area contributed by atoms with E-state index in [0.717, 1.165) is 18.8 Å². The number of amides is 1. The highest BCUT2D eigenvalue weighted by molar-refractivity contribution is 6.05. The van der Waals surface area contributed by atoms with Gasteiger partial charge in [0.25, 0.3) is 0 Å². The van der Waals surface area contributed by atoms with E-state index in [2.05, 4.69) is 43.0 Å². The number of nitrogens with zero attached hydrogens (tertiary/aromatic N) is 3. The number of hydrogen-bond acceptors (Lipinski definition) is 6. The highest BCUT2D eigenvalue weighted by atomic mass is 16.2. The normalized spacial score (nSPS) is 19.1. The van der Waals surface area contributed by atoms with Gasteiger partial charge in [0.1, 0.15) is 18.1 Å². The molecule has 0 spiro atoms. The van der Waals surface area contributed by atoms with Crippen LogP contribution in [-0.4, -0.2) is 35.0 Å². The van der Waals surface area contributed by atoms with E-state index in [1.807, 2.05) is 26.0 Å². The molecule has 1 aromatic carbocycles. The van der Waals surface area contributed by atoms with Gasteiger partial charge in [-0.05, 0) is 43.0 Å². The van der Waals surface area contributed by atoms with Crippen molar-refractivity contribution in [3.05, 3.63) is 30.6 Å². The molecular weight excluding hydrogens is 328 g/mol. The molecule has 1 fully saturated rings. The van der Waals surface area contributed by atoms with Crippen LogP contribution < -0.4 is 20.9 Å². The summed E-state index contributed by atoms with van der Waals surface area (Å²) >= 11 is 0. The molecule has 0 aliphatic carbocycles. The lowest BCUT2D eigenvalue weighted by Gasteiger charge is -2.29. The summed E-state index contributed by atoms with van der Waals surface area (Å²) in [5, 5.41) is 9.44. The fraction of sp³-hybridized carbons (Fsp3) is 0.421. The first-order chi connectivity index (χ1) is 12.6. The Kier molecular flexibility index (Phi) is 4.36. The smallest absolute Gasteiger partial charge is 0.247 e. The summed E-state index contributed by atoms with van der Waals surface area (Å²) in [5.41, 5.74) is 2.76. The molecule has 7 heteroatoms. The lowest BCUT2D eigenvalue weighted by molar-refractivity contribution is -0.117. The molecule has 2 aromatic rings. The van der Waals surface area contributed by atoms with Crippen molar-refractivity contribution in [2.45, 2.75) is 32.7 Å². The van der Waals surface area contributed by atoms with Crippen molar-refractivity contribution < 1.29 is 4.79 Å². The van der Waals surface area contributed by atoms with E-state index >= 15 is 0 Å². The van der Waals surface area contributed by atoms with E-state index in [0.29, 0.717) is 17.3 Å². The van der Waals surface area contributed by atoms with E-state index in [-0.39, 0.29) is 17.9 Å². The fourth-order valence-corrected chi connectivity index (χ4v) is 3.46. The second-order valence-corrected chi connectivity index (χ2v) is 7.17. The van der Waals surface area contributed by atoms with Crippen LogP contribution >= 0.6 is 0 Å². The molecule has 2 aliphatic heterocycles. The first-order valence-corrected chi connectivity index (χ1v) is 9.16.